The molecule has 2 aromatic carbocycles. The first kappa shape index (κ1) is 21.8. The minimum Gasteiger partial charge on any atom is -0.382 e. The lowest BCUT2D eigenvalue weighted by Crippen LogP contribution is -2.21. The quantitative estimate of drug-likeness (QED) is 0.577. The zero-order valence-electron chi connectivity index (χ0n) is 16.3. The van der Waals surface area contributed by atoms with Crippen LogP contribution in [0, 0.1) is 0 Å². The molecule has 0 saturated carbocycles. The number of nitrogens with zero attached hydrogens (tertiary/aromatic N) is 2. The number of rotatable bonds is 5. The third kappa shape index (κ3) is 5.35. The van der Waals surface area contributed by atoms with Crippen molar-refractivity contribution in [3.63, 3.8) is 0 Å². The third-order valence-electron chi connectivity index (χ3n) is 4.33. The Morgan fingerprint density at radius 2 is 1.81 bits per heavy atom. The molecule has 0 aliphatic rings. The normalized spacial score (nSPS) is 11.1. The Hall–Kier alpha value is -3.95. The lowest BCUT2D eigenvalue weighted by molar-refractivity contribution is -0.137. The van der Waals surface area contributed by atoms with E-state index in [1.54, 1.807) is 24.3 Å². The summed E-state index contributed by atoms with van der Waals surface area (Å²) in [6.45, 7) is 0. The van der Waals surface area contributed by atoms with Crippen LogP contribution in [0.2, 0.25) is 0 Å². The molecule has 0 fully saturated rings. The number of hydrogen-bond donors (Lipinski definition) is 3. The Morgan fingerprint density at radius 3 is 2.45 bits per heavy atom. The Balaban J connectivity index is 1.73. The van der Waals surface area contributed by atoms with Gasteiger partial charge in [-0.3, -0.25) is 9.59 Å². The van der Waals surface area contributed by atoms with Crippen LogP contribution in [0.15, 0.2) is 54.7 Å². The van der Waals surface area contributed by atoms with Crippen LogP contribution in [0.25, 0.3) is 11.3 Å². The molecule has 1 aromatic heterocycles. The Kier molecular flexibility index (Phi) is 6.19. The van der Waals surface area contributed by atoms with Gasteiger partial charge in [0.15, 0.2) is 11.5 Å². The van der Waals surface area contributed by atoms with Crippen LogP contribution in [0.3, 0.4) is 0 Å². The lowest BCUT2D eigenvalue weighted by atomic mass is 10.1. The Bertz CT molecular complexity index is 1110. The molecule has 1 heterocycles. The summed E-state index contributed by atoms with van der Waals surface area (Å²) < 4.78 is 37.9. The van der Waals surface area contributed by atoms with Gasteiger partial charge in [-0.2, -0.15) is 13.2 Å². The van der Waals surface area contributed by atoms with Crippen molar-refractivity contribution < 1.29 is 22.8 Å². The van der Waals surface area contributed by atoms with Gasteiger partial charge < -0.3 is 16.4 Å². The third-order valence-corrected chi connectivity index (χ3v) is 4.33. The van der Waals surface area contributed by atoms with E-state index in [9.17, 15) is 22.8 Å². The molecule has 4 N–H and O–H groups in total. The standard InChI is InChI=1S/C21H18F3N5O2/c1-26-20(31)18-19(25)27-11-16(29-18)13-3-2-4-15(10-13)28-17(30)9-12-5-7-14(8-6-12)21(22,23)24/h2-8,10-11H,9H2,1H3,(H2,25,27)(H,26,31)(H,28,30). The highest BCUT2D eigenvalue weighted by Gasteiger charge is 2.30. The van der Waals surface area contributed by atoms with Crippen LogP contribution in [-0.2, 0) is 17.4 Å². The summed E-state index contributed by atoms with van der Waals surface area (Å²) in [4.78, 5) is 32.4. The average molecular weight is 429 g/mol. The fourth-order valence-corrected chi connectivity index (χ4v) is 2.78. The number of benzene rings is 2. The first-order valence-corrected chi connectivity index (χ1v) is 9.08. The predicted octanol–water partition coefficient (Wildman–Crippen LogP) is 3.29. The molecule has 3 aromatic rings. The van der Waals surface area contributed by atoms with Crippen LogP contribution in [0.4, 0.5) is 24.7 Å². The van der Waals surface area contributed by atoms with Crippen LogP contribution < -0.4 is 16.4 Å². The van der Waals surface area contributed by atoms with E-state index in [-0.39, 0.29) is 17.9 Å². The number of halogens is 3. The minimum absolute atomic E-state index is 0.0101. The lowest BCUT2D eigenvalue weighted by Gasteiger charge is -2.10. The highest BCUT2D eigenvalue weighted by molar-refractivity contribution is 5.96. The van der Waals surface area contributed by atoms with Gasteiger partial charge >= 0.3 is 6.18 Å². The molecular weight excluding hydrogens is 411 g/mol. The molecule has 31 heavy (non-hydrogen) atoms. The molecule has 0 spiro atoms. The number of carbonyl (C=O) groups excluding carboxylic acids is 2. The molecule has 2 amide bonds. The summed E-state index contributed by atoms with van der Waals surface area (Å²) in [6, 6.07) is 11.1. The molecule has 10 heteroatoms. The van der Waals surface area contributed by atoms with E-state index in [0.717, 1.165) is 12.1 Å². The summed E-state index contributed by atoms with van der Waals surface area (Å²) in [5, 5.41) is 5.12. The highest BCUT2D eigenvalue weighted by Crippen LogP contribution is 2.29. The SMILES string of the molecule is CNC(=O)c1nc(-c2cccc(NC(=O)Cc3ccc(C(F)(F)F)cc3)c2)cnc1N. The topological polar surface area (TPSA) is 110 Å². The van der Waals surface area contributed by atoms with Crippen molar-refractivity contribution in [2.75, 3.05) is 18.1 Å². The van der Waals surface area contributed by atoms with E-state index in [1.165, 1.54) is 25.4 Å². The first-order chi connectivity index (χ1) is 14.7. The summed E-state index contributed by atoms with van der Waals surface area (Å²) in [7, 11) is 1.45. The number of nitrogen functional groups attached to an aromatic ring is 1. The molecule has 0 atom stereocenters. The van der Waals surface area contributed by atoms with Gasteiger partial charge in [0.25, 0.3) is 5.91 Å². The number of aromatic nitrogens is 2. The van der Waals surface area contributed by atoms with Crippen LogP contribution in [-0.4, -0.2) is 28.8 Å². The Labute approximate surface area is 175 Å². The van der Waals surface area contributed by atoms with Crippen LogP contribution in [0.1, 0.15) is 21.6 Å². The highest BCUT2D eigenvalue weighted by atomic mass is 19.4. The molecule has 0 aliphatic heterocycles. The predicted molar refractivity (Wildman–Crippen MR) is 109 cm³/mol. The molecule has 0 aliphatic carbocycles. The number of anilines is 2. The van der Waals surface area contributed by atoms with Crippen molar-refractivity contribution in [2.45, 2.75) is 12.6 Å². The molecule has 0 unspecified atom stereocenters. The summed E-state index contributed by atoms with van der Waals surface area (Å²) >= 11 is 0. The maximum Gasteiger partial charge on any atom is 0.416 e. The van der Waals surface area contributed by atoms with Gasteiger partial charge in [0.2, 0.25) is 5.91 Å². The number of nitrogens with two attached hydrogens (primary N) is 1. The van der Waals surface area contributed by atoms with Gasteiger partial charge in [0, 0.05) is 18.3 Å². The molecule has 0 radical (unpaired) electrons. The van der Waals surface area contributed by atoms with E-state index in [2.05, 4.69) is 20.6 Å². The second-order valence-electron chi connectivity index (χ2n) is 6.57. The number of amides is 2. The van der Waals surface area contributed by atoms with Crippen molar-refractivity contribution in [3.05, 3.63) is 71.5 Å². The van der Waals surface area contributed by atoms with E-state index >= 15 is 0 Å². The fourth-order valence-electron chi connectivity index (χ4n) is 2.78. The van der Waals surface area contributed by atoms with Crippen molar-refractivity contribution in [2.24, 2.45) is 0 Å². The largest absolute Gasteiger partial charge is 0.416 e. The van der Waals surface area contributed by atoms with Gasteiger partial charge in [-0.1, -0.05) is 24.3 Å². The summed E-state index contributed by atoms with van der Waals surface area (Å²) in [5.74, 6) is -0.886. The van der Waals surface area contributed by atoms with Crippen molar-refractivity contribution in [1.82, 2.24) is 15.3 Å². The van der Waals surface area contributed by atoms with Crippen LogP contribution in [0.5, 0.6) is 0 Å². The molecule has 0 bridgehead atoms. The number of carbonyl (C=O) groups is 2. The minimum atomic E-state index is -4.43. The van der Waals surface area contributed by atoms with Crippen molar-refractivity contribution in [1.29, 1.82) is 0 Å². The zero-order chi connectivity index (χ0) is 22.6. The maximum absolute atomic E-state index is 12.6. The summed E-state index contributed by atoms with van der Waals surface area (Å²) in [6.07, 6.45) is -3.11. The van der Waals surface area contributed by atoms with Crippen LogP contribution >= 0.6 is 0 Å². The Morgan fingerprint density at radius 1 is 1.10 bits per heavy atom. The van der Waals surface area contributed by atoms with Crippen molar-refractivity contribution >= 4 is 23.3 Å². The van der Waals surface area contributed by atoms with E-state index in [0.29, 0.717) is 22.5 Å². The van der Waals surface area contributed by atoms with Crippen molar-refractivity contribution in [3.8, 4) is 11.3 Å². The van der Waals surface area contributed by atoms with Gasteiger partial charge in [0.1, 0.15) is 0 Å². The number of nitrogens with one attached hydrogen (secondary N) is 2. The first-order valence-electron chi connectivity index (χ1n) is 9.08. The summed E-state index contributed by atoms with van der Waals surface area (Å²) in [5.41, 5.74) is 6.77. The fraction of sp³-hybridized carbons (Fsp3) is 0.143. The second-order valence-corrected chi connectivity index (χ2v) is 6.57. The average Bonchev–Trinajstić information content (AvgIpc) is 2.73. The molecule has 160 valence electrons. The van der Waals surface area contributed by atoms with Gasteiger partial charge in [0.05, 0.1) is 23.9 Å². The van der Waals surface area contributed by atoms with Gasteiger partial charge in [-0.25, -0.2) is 9.97 Å². The zero-order valence-corrected chi connectivity index (χ0v) is 16.3. The maximum atomic E-state index is 12.6. The van der Waals surface area contributed by atoms with E-state index in [4.69, 9.17) is 5.73 Å². The van der Waals surface area contributed by atoms with E-state index in [1.807, 2.05) is 0 Å². The van der Waals surface area contributed by atoms with Gasteiger partial charge in [-0.05, 0) is 29.8 Å². The molecular formula is C21H18F3N5O2. The number of alkyl halides is 3. The molecule has 3 rings (SSSR count). The smallest absolute Gasteiger partial charge is 0.382 e. The molecule has 7 nitrogen and oxygen atoms in total. The monoisotopic (exact) mass is 429 g/mol. The number of hydrogen-bond acceptors (Lipinski definition) is 5. The van der Waals surface area contributed by atoms with Gasteiger partial charge in [-0.15, -0.1) is 0 Å². The second kappa shape index (κ2) is 8.82. The molecule has 0 saturated heterocycles. The van der Waals surface area contributed by atoms with E-state index < -0.39 is 23.6 Å².